The van der Waals surface area contributed by atoms with Gasteiger partial charge in [-0.05, 0) is 55.8 Å². The van der Waals surface area contributed by atoms with Crippen LogP contribution in [0.15, 0.2) is 22.8 Å². The quantitative estimate of drug-likeness (QED) is 0.786. The second-order valence-electron chi connectivity index (χ2n) is 6.76. The highest BCUT2D eigenvalue weighted by atomic mass is 79.9. The van der Waals surface area contributed by atoms with Gasteiger partial charge < -0.3 is 14.5 Å². The monoisotopic (exact) mass is 398 g/mol. The van der Waals surface area contributed by atoms with Crippen LogP contribution < -0.4 is 5.32 Å². The van der Waals surface area contributed by atoms with Crippen LogP contribution in [0.5, 0.6) is 0 Å². The summed E-state index contributed by atoms with van der Waals surface area (Å²) in [6.07, 6.45) is 1.28. The fourth-order valence-corrected chi connectivity index (χ4v) is 2.61. The van der Waals surface area contributed by atoms with E-state index in [9.17, 15) is 9.59 Å². The van der Waals surface area contributed by atoms with Crippen LogP contribution in [-0.4, -0.2) is 58.2 Å². The molecule has 1 saturated heterocycles. The van der Waals surface area contributed by atoms with Gasteiger partial charge in [-0.1, -0.05) is 0 Å². The predicted molar refractivity (Wildman–Crippen MR) is 94.9 cm³/mol. The molecular weight excluding hydrogens is 376 g/mol. The Balaban J connectivity index is 1.91. The van der Waals surface area contributed by atoms with E-state index in [1.807, 2.05) is 33.8 Å². The number of carbonyl (C=O) groups excluding carboxylic acids is 2. The average Bonchev–Trinajstić information content (AvgIpc) is 2.47. The van der Waals surface area contributed by atoms with Crippen molar-refractivity contribution >= 4 is 33.9 Å². The molecule has 0 unspecified atom stereocenters. The highest BCUT2D eigenvalue weighted by Gasteiger charge is 2.32. The van der Waals surface area contributed by atoms with E-state index in [4.69, 9.17) is 4.74 Å². The van der Waals surface area contributed by atoms with Gasteiger partial charge >= 0.3 is 12.1 Å². The SMILES string of the molecule is C[C@@H]1CN(C(=O)Nc2ccc(Br)cn2)CCN1C(=O)OC(C)(C)C. The molecule has 1 atom stereocenters. The Hall–Kier alpha value is -1.83. The summed E-state index contributed by atoms with van der Waals surface area (Å²) in [5.74, 6) is 0.491. The summed E-state index contributed by atoms with van der Waals surface area (Å²) in [5, 5.41) is 2.76. The molecule has 3 amide bonds. The molecule has 2 heterocycles. The van der Waals surface area contributed by atoms with Gasteiger partial charge in [0.1, 0.15) is 11.4 Å². The third-order valence-electron chi connectivity index (χ3n) is 3.51. The van der Waals surface area contributed by atoms with Gasteiger partial charge in [0.25, 0.3) is 0 Å². The first-order chi connectivity index (χ1) is 11.2. The number of urea groups is 1. The summed E-state index contributed by atoms with van der Waals surface area (Å²) in [6, 6.07) is 3.20. The van der Waals surface area contributed by atoms with E-state index in [-0.39, 0.29) is 18.2 Å². The zero-order valence-corrected chi connectivity index (χ0v) is 16.0. The number of amides is 3. The molecule has 132 valence electrons. The smallest absolute Gasteiger partial charge is 0.410 e. The number of rotatable bonds is 1. The molecule has 1 aromatic rings. The lowest BCUT2D eigenvalue weighted by Gasteiger charge is -2.40. The highest BCUT2D eigenvalue weighted by molar-refractivity contribution is 9.10. The lowest BCUT2D eigenvalue weighted by atomic mass is 10.2. The summed E-state index contributed by atoms with van der Waals surface area (Å²) >= 11 is 3.30. The van der Waals surface area contributed by atoms with Crippen molar-refractivity contribution in [1.82, 2.24) is 14.8 Å². The highest BCUT2D eigenvalue weighted by Crippen LogP contribution is 2.17. The van der Waals surface area contributed by atoms with Crippen molar-refractivity contribution in [3.05, 3.63) is 22.8 Å². The summed E-state index contributed by atoms with van der Waals surface area (Å²) in [4.78, 5) is 32.0. The molecular formula is C16H23BrN4O3. The minimum absolute atomic E-state index is 0.114. The van der Waals surface area contributed by atoms with Crippen molar-refractivity contribution in [3.8, 4) is 0 Å². The van der Waals surface area contributed by atoms with Gasteiger partial charge in [0.2, 0.25) is 0 Å². The van der Waals surface area contributed by atoms with Crippen LogP contribution in [0.4, 0.5) is 15.4 Å². The number of ether oxygens (including phenoxy) is 1. The van der Waals surface area contributed by atoms with Crippen molar-refractivity contribution in [2.75, 3.05) is 25.0 Å². The Morgan fingerprint density at radius 2 is 2.04 bits per heavy atom. The summed E-state index contributed by atoms with van der Waals surface area (Å²) in [7, 11) is 0. The molecule has 1 fully saturated rings. The van der Waals surface area contributed by atoms with E-state index < -0.39 is 5.60 Å². The topological polar surface area (TPSA) is 74.8 Å². The number of nitrogens with one attached hydrogen (secondary N) is 1. The fraction of sp³-hybridized carbons (Fsp3) is 0.562. The van der Waals surface area contributed by atoms with Crippen molar-refractivity contribution in [3.63, 3.8) is 0 Å². The first-order valence-electron chi connectivity index (χ1n) is 7.83. The van der Waals surface area contributed by atoms with Crippen LogP contribution in [0.3, 0.4) is 0 Å². The van der Waals surface area contributed by atoms with Gasteiger partial charge in [0.15, 0.2) is 0 Å². The van der Waals surface area contributed by atoms with E-state index >= 15 is 0 Å². The van der Waals surface area contributed by atoms with E-state index in [1.165, 1.54) is 0 Å². The van der Waals surface area contributed by atoms with Crippen molar-refractivity contribution in [2.24, 2.45) is 0 Å². The zero-order valence-electron chi connectivity index (χ0n) is 14.4. The van der Waals surface area contributed by atoms with Gasteiger partial charge in [-0.3, -0.25) is 5.32 Å². The molecule has 1 aliphatic heterocycles. The van der Waals surface area contributed by atoms with Crippen LogP contribution in [0, 0.1) is 0 Å². The van der Waals surface area contributed by atoms with Crippen LogP contribution in [0.2, 0.25) is 0 Å². The molecule has 7 nitrogen and oxygen atoms in total. The standard InChI is InChI=1S/C16H23BrN4O3/c1-11-10-20(7-8-21(11)15(23)24-16(2,3)4)14(22)19-13-6-5-12(17)9-18-13/h5-6,9,11H,7-8,10H2,1-4H3,(H,18,19,22)/t11-/m1/s1. The molecule has 0 radical (unpaired) electrons. The van der Waals surface area contributed by atoms with Crippen LogP contribution in [0.25, 0.3) is 0 Å². The number of halogens is 1. The summed E-state index contributed by atoms with van der Waals surface area (Å²) in [5.41, 5.74) is -0.529. The largest absolute Gasteiger partial charge is 0.444 e. The van der Waals surface area contributed by atoms with E-state index in [2.05, 4.69) is 26.2 Å². The summed E-state index contributed by atoms with van der Waals surface area (Å²) in [6.45, 7) is 8.76. The number of anilines is 1. The molecule has 0 aromatic carbocycles. The maximum absolute atomic E-state index is 12.3. The van der Waals surface area contributed by atoms with E-state index in [1.54, 1.807) is 22.1 Å². The third-order valence-corrected chi connectivity index (χ3v) is 3.97. The van der Waals surface area contributed by atoms with Crippen molar-refractivity contribution < 1.29 is 14.3 Å². The first-order valence-corrected chi connectivity index (χ1v) is 8.62. The maximum atomic E-state index is 12.3. The third kappa shape index (κ3) is 5.09. The maximum Gasteiger partial charge on any atom is 0.410 e. The first kappa shape index (κ1) is 18.5. The molecule has 8 heteroatoms. The Morgan fingerprint density at radius 1 is 1.33 bits per heavy atom. The molecule has 0 bridgehead atoms. The van der Waals surface area contributed by atoms with Crippen LogP contribution >= 0.6 is 15.9 Å². The van der Waals surface area contributed by atoms with Crippen molar-refractivity contribution in [2.45, 2.75) is 39.3 Å². The number of nitrogens with zero attached hydrogens (tertiary/aromatic N) is 3. The molecule has 1 aliphatic rings. The molecule has 1 aromatic heterocycles. The number of aromatic nitrogens is 1. The molecule has 24 heavy (non-hydrogen) atoms. The fourth-order valence-electron chi connectivity index (χ4n) is 2.37. The Labute approximate surface area is 150 Å². The predicted octanol–water partition coefficient (Wildman–Crippen LogP) is 3.32. The number of hydrogen-bond donors (Lipinski definition) is 1. The number of piperazine rings is 1. The second-order valence-corrected chi connectivity index (χ2v) is 7.68. The van der Waals surface area contributed by atoms with Crippen LogP contribution in [-0.2, 0) is 4.74 Å². The molecule has 2 rings (SSSR count). The minimum Gasteiger partial charge on any atom is -0.444 e. The minimum atomic E-state index is -0.529. The number of pyridine rings is 1. The normalized spacial score (nSPS) is 18.3. The molecule has 0 saturated carbocycles. The Bertz CT molecular complexity index is 600. The Morgan fingerprint density at radius 3 is 2.58 bits per heavy atom. The molecule has 0 aliphatic carbocycles. The van der Waals surface area contributed by atoms with Gasteiger partial charge in [-0.25, -0.2) is 14.6 Å². The lowest BCUT2D eigenvalue weighted by molar-refractivity contribution is 0.00589. The van der Waals surface area contributed by atoms with Gasteiger partial charge in [-0.15, -0.1) is 0 Å². The van der Waals surface area contributed by atoms with E-state index in [0.717, 1.165) is 4.47 Å². The molecule has 0 spiro atoms. The lowest BCUT2D eigenvalue weighted by Crippen LogP contribution is -2.57. The number of carbonyl (C=O) groups is 2. The molecule has 1 N–H and O–H groups in total. The van der Waals surface area contributed by atoms with Crippen molar-refractivity contribution in [1.29, 1.82) is 0 Å². The van der Waals surface area contributed by atoms with Gasteiger partial charge in [0.05, 0.1) is 0 Å². The van der Waals surface area contributed by atoms with Gasteiger partial charge in [0, 0.05) is 36.3 Å². The van der Waals surface area contributed by atoms with Gasteiger partial charge in [-0.2, -0.15) is 0 Å². The van der Waals surface area contributed by atoms with E-state index in [0.29, 0.717) is 25.5 Å². The second kappa shape index (κ2) is 7.38. The van der Waals surface area contributed by atoms with Crippen LogP contribution in [0.1, 0.15) is 27.7 Å². The summed E-state index contributed by atoms with van der Waals surface area (Å²) < 4.78 is 6.25. The average molecular weight is 399 g/mol. The zero-order chi connectivity index (χ0) is 17.9. The Kier molecular flexibility index (Phi) is 5.69. The number of hydrogen-bond acceptors (Lipinski definition) is 4.